The molecule has 0 unspecified atom stereocenters. The number of nitrogens with zero attached hydrogens (tertiary/aromatic N) is 1. The molecule has 2 saturated heterocycles. The number of fused-ring (bicyclic) bond motifs is 2. The number of hydrogen-bond acceptors (Lipinski definition) is 5. The third-order valence-electron chi connectivity index (χ3n) is 5.87. The minimum Gasteiger partial charge on any atom is -0.469 e. The van der Waals surface area contributed by atoms with Crippen LogP contribution in [0.4, 0.5) is 0 Å². The van der Waals surface area contributed by atoms with E-state index in [9.17, 15) is 9.59 Å². The van der Waals surface area contributed by atoms with E-state index in [2.05, 4.69) is 4.90 Å². The monoisotopic (exact) mass is 295 g/mol. The van der Waals surface area contributed by atoms with E-state index in [1.807, 2.05) is 0 Å². The van der Waals surface area contributed by atoms with Crippen molar-refractivity contribution >= 4 is 11.9 Å². The highest BCUT2D eigenvalue weighted by Gasteiger charge is 2.64. The average Bonchev–Trinajstić information content (AvgIpc) is 3.09. The molecule has 2 heterocycles. The first-order chi connectivity index (χ1) is 10.2. The van der Waals surface area contributed by atoms with Crippen LogP contribution >= 0.6 is 0 Å². The van der Waals surface area contributed by atoms with E-state index in [-0.39, 0.29) is 35.4 Å². The number of esters is 2. The number of rotatable bonds is 2. The molecule has 21 heavy (non-hydrogen) atoms. The van der Waals surface area contributed by atoms with Crippen LogP contribution in [0.3, 0.4) is 0 Å². The quantitative estimate of drug-likeness (QED) is 0.726. The molecule has 1 saturated carbocycles. The Balaban J connectivity index is 2.03. The number of carbonyl (C=O) groups excluding carboxylic acids is 2. The standard InChI is InChI=1S/C16H25NO4/c1-20-14(18)12-11-7-6-10-17(11)16(8-4-3-5-9-16)13(12)15(19)21-2/h11-13H,3-10H2,1-2H3/t11-,12+,13-/m0/s1. The van der Waals surface area contributed by atoms with Crippen molar-refractivity contribution < 1.29 is 19.1 Å². The first-order valence-corrected chi connectivity index (χ1v) is 8.08. The zero-order valence-electron chi connectivity index (χ0n) is 13.0. The molecule has 0 N–H and O–H groups in total. The van der Waals surface area contributed by atoms with Crippen LogP contribution in [0.15, 0.2) is 0 Å². The topological polar surface area (TPSA) is 55.8 Å². The summed E-state index contributed by atoms with van der Waals surface area (Å²) in [6.07, 6.45) is 7.56. The molecular weight excluding hydrogens is 270 g/mol. The summed E-state index contributed by atoms with van der Waals surface area (Å²) >= 11 is 0. The predicted molar refractivity (Wildman–Crippen MR) is 76.6 cm³/mol. The van der Waals surface area contributed by atoms with E-state index in [0.29, 0.717) is 0 Å². The van der Waals surface area contributed by atoms with Crippen LogP contribution in [0.1, 0.15) is 44.9 Å². The molecular formula is C16H25NO4. The van der Waals surface area contributed by atoms with Gasteiger partial charge in [-0.25, -0.2) is 0 Å². The maximum absolute atomic E-state index is 12.5. The maximum atomic E-state index is 12.5. The molecule has 0 bridgehead atoms. The highest BCUT2D eigenvalue weighted by molar-refractivity contribution is 5.85. The molecule has 0 amide bonds. The van der Waals surface area contributed by atoms with Crippen LogP contribution in [-0.4, -0.2) is 49.2 Å². The SMILES string of the molecule is COC(=O)[C@H]1[C@@H](C(=O)OC)C2(CCCCC2)N2CCC[C@@H]12. The lowest BCUT2D eigenvalue weighted by molar-refractivity contribution is -0.159. The number of methoxy groups -OCH3 is 2. The summed E-state index contributed by atoms with van der Waals surface area (Å²) in [5.41, 5.74) is -0.175. The lowest BCUT2D eigenvalue weighted by Gasteiger charge is -2.44. The van der Waals surface area contributed by atoms with Crippen LogP contribution in [0.5, 0.6) is 0 Å². The van der Waals surface area contributed by atoms with Crippen molar-refractivity contribution in [1.29, 1.82) is 0 Å². The van der Waals surface area contributed by atoms with Crippen molar-refractivity contribution in [2.24, 2.45) is 11.8 Å². The fourth-order valence-electron chi connectivity index (χ4n) is 5.14. The highest BCUT2D eigenvalue weighted by atomic mass is 16.5. The second-order valence-electron chi connectivity index (χ2n) is 6.62. The lowest BCUT2D eigenvalue weighted by atomic mass is 9.70. The molecule has 2 aliphatic heterocycles. The normalized spacial score (nSPS) is 34.7. The van der Waals surface area contributed by atoms with Gasteiger partial charge in [0.1, 0.15) is 0 Å². The maximum Gasteiger partial charge on any atom is 0.311 e. The smallest absolute Gasteiger partial charge is 0.311 e. The molecule has 0 aromatic heterocycles. The second-order valence-corrected chi connectivity index (χ2v) is 6.62. The van der Waals surface area contributed by atoms with Gasteiger partial charge < -0.3 is 9.47 Å². The predicted octanol–water partition coefficient (Wildman–Crippen LogP) is 1.75. The molecule has 0 aromatic rings. The lowest BCUT2D eigenvalue weighted by Crippen LogP contribution is -2.52. The van der Waals surface area contributed by atoms with Crippen LogP contribution in [-0.2, 0) is 19.1 Å². The van der Waals surface area contributed by atoms with E-state index in [1.54, 1.807) is 0 Å². The molecule has 3 fully saturated rings. The molecule has 0 aromatic carbocycles. The van der Waals surface area contributed by atoms with Gasteiger partial charge in [0.15, 0.2) is 0 Å². The summed E-state index contributed by atoms with van der Waals surface area (Å²) in [5, 5.41) is 0. The zero-order valence-corrected chi connectivity index (χ0v) is 13.0. The Kier molecular flexibility index (Phi) is 3.95. The van der Waals surface area contributed by atoms with Crippen molar-refractivity contribution in [3.05, 3.63) is 0 Å². The van der Waals surface area contributed by atoms with Crippen molar-refractivity contribution in [2.75, 3.05) is 20.8 Å². The molecule has 5 nitrogen and oxygen atoms in total. The third-order valence-corrected chi connectivity index (χ3v) is 5.87. The largest absolute Gasteiger partial charge is 0.469 e. The highest BCUT2D eigenvalue weighted by Crippen LogP contribution is 2.54. The van der Waals surface area contributed by atoms with Crippen molar-refractivity contribution in [3.8, 4) is 0 Å². The van der Waals surface area contributed by atoms with Gasteiger partial charge >= 0.3 is 11.9 Å². The van der Waals surface area contributed by atoms with Crippen LogP contribution in [0, 0.1) is 11.8 Å². The summed E-state index contributed by atoms with van der Waals surface area (Å²) in [6, 6.07) is 0.152. The molecule has 1 aliphatic carbocycles. The summed E-state index contributed by atoms with van der Waals surface area (Å²) in [4.78, 5) is 27.3. The number of carbonyl (C=O) groups is 2. The van der Waals surface area contributed by atoms with Gasteiger partial charge in [-0.3, -0.25) is 14.5 Å². The van der Waals surface area contributed by atoms with E-state index in [0.717, 1.165) is 45.1 Å². The number of ether oxygens (including phenoxy) is 2. The molecule has 3 atom stereocenters. The van der Waals surface area contributed by atoms with E-state index in [1.165, 1.54) is 20.6 Å². The van der Waals surface area contributed by atoms with Crippen LogP contribution in [0.2, 0.25) is 0 Å². The van der Waals surface area contributed by atoms with Crippen LogP contribution < -0.4 is 0 Å². The first-order valence-electron chi connectivity index (χ1n) is 8.08. The Bertz CT molecular complexity index is 430. The first kappa shape index (κ1) is 14.8. The zero-order chi connectivity index (χ0) is 15.0. The van der Waals surface area contributed by atoms with Gasteiger partial charge in [0, 0.05) is 11.6 Å². The Hall–Kier alpha value is -1.10. The minimum atomic E-state index is -0.361. The average molecular weight is 295 g/mol. The van der Waals surface area contributed by atoms with Gasteiger partial charge in [-0.05, 0) is 32.2 Å². The van der Waals surface area contributed by atoms with E-state index < -0.39 is 0 Å². The Morgan fingerprint density at radius 2 is 1.67 bits per heavy atom. The third kappa shape index (κ3) is 2.08. The van der Waals surface area contributed by atoms with Gasteiger partial charge in [-0.2, -0.15) is 0 Å². The van der Waals surface area contributed by atoms with Gasteiger partial charge in [0.25, 0.3) is 0 Å². The second kappa shape index (κ2) is 5.59. The van der Waals surface area contributed by atoms with Gasteiger partial charge in [0.05, 0.1) is 26.1 Å². The summed E-state index contributed by atoms with van der Waals surface area (Å²) < 4.78 is 10.1. The fraction of sp³-hybridized carbons (Fsp3) is 0.875. The fourth-order valence-corrected chi connectivity index (χ4v) is 5.14. The van der Waals surface area contributed by atoms with Crippen LogP contribution in [0.25, 0.3) is 0 Å². The molecule has 118 valence electrons. The van der Waals surface area contributed by atoms with Gasteiger partial charge in [0.2, 0.25) is 0 Å². The molecule has 5 heteroatoms. The van der Waals surface area contributed by atoms with Crippen molar-refractivity contribution in [2.45, 2.75) is 56.5 Å². The van der Waals surface area contributed by atoms with Gasteiger partial charge in [-0.15, -0.1) is 0 Å². The van der Waals surface area contributed by atoms with Crippen molar-refractivity contribution in [1.82, 2.24) is 4.90 Å². The summed E-state index contributed by atoms with van der Waals surface area (Å²) in [6.45, 7) is 0.992. The molecule has 1 spiro atoms. The summed E-state index contributed by atoms with van der Waals surface area (Å²) in [5.74, 6) is -1.20. The molecule has 0 radical (unpaired) electrons. The molecule has 3 rings (SSSR count). The van der Waals surface area contributed by atoms with E-state index in [4.69, 9.17) is 9.47 Å². The van der Waals surface area contributed by atoms with Gasteiger partial charge in [-0.1, -0.05) is 19.3 Å². The Labute approximate surface area is 126 Å². The Morgan fingerprint density at radius 1 is 1.00 bits per heavy atom. The van der Waals surface area contributed by atoms with E-state index >= 15 is 0 Å². The Morgan fingerprint density at radius 3 is 2.29 bits per heavy atom. The number of hydrogen-bond donors (Lipinski definition) is 0. The van der Waals surface area contributed by atoms with Crippen molar-refractivity contribution in [3.63, 3.8) is 0 Å². The minimum absolute atomic E-state index is 0.152. The summed E-state index contributed by atoms with van der Waals surface area (Å²) in [7, 11) is 2.85. The molecule has 3 aliphatic rings.